The highest BCUT2D eigenvalue weighted by Gasteiger charge is 2.35. The Bertz CT molecular complexity index is 1060. The van der Waals surface area contributed by atoms with E-state index in [2.05, 4.69) is 9.38 Å². The number of rotatable bonds is 3. The lowest BCUT2D eigenvalue weighted by atomic mass is 10.1. The van der Waals surface area contributed by atoms with E-state index in [1.54, 1.807) is 24.9 Å². The van der Waals surface area contributed by atoms with E-state index in [1.807, 2.05) is 20.8 Å². The SMILES string of the molecule is CC(=N[S@+]([O-])C(C)(C)C)c1cc(Cl)cc2c(=O)n(C)c(N3CCC(F)(F)CC3)nc12. The number of nitrogens with zero attached hydrogens (tertiary/aromatic N) is 4. The molecule has 3 rings (SSSR count). The van der Waals surface area contributed by atoms with Gasteiger partial charge in [0.2, 0.25) is 5.95 Å². The second kappa shape index (κ2) is 8.09. The first kappa shape index (κ1) is 23.0. The van der Waals surface area contributed by atoms with E-state index in [4.69, 9.17) is 11.6 Å². The van der Waals surface area contributed by atoms with Crippen molar-refractivity contribution in [2.75, 3.05) is 18.0 Å². The summed E-state index contributed by atoms with van der Waals surface area (Å²) in [6.45, 7) is 7.33. The number of hydrogen-bond donors (Lipinski definition) is 0. The highest BCUT2D eigenvalue weighted by molar-refractivity contribution is 7.91. The summed E-state index contributed by atoms with van der Waals surface area (Å²) in [7, 11) is 1.56. The molecule has 0 unspecified atom stereocenters. The van der Waals surface area contributed by atoms with E-state index in [9.17, 15) is 18.1 Å². The third kappa shape index (κ3) is 4.63. The van der Waals surface area contributed by atoms with Gasteiger partial charge in [0.1, 0.15) is 16.1 Å². The van der Waals surface area contributed by atoms with E-state index in [-0.39, 0.29) is 31.5 Å². The molecule has 0 aliphatic carbocycles. The predicted octanol–water partition coefficient (Wildman–Crippen LogP) is 4.09. The van der Waals surface area contributed by atoms with Gasteiger partial charge < -0.3 is 9.45 Å². The van der Waals surface area contributed by atoms with Gasteiger partial charge >= 0.3 is 0 Å². The zero-order chi connectivity index (χ0) is 22.4. The number of anilines is 1. The maximum atomic E-state index is 13.6. The van der Waals surface area contributed by atoms with Crippen LogP contribution < -0.4 is 10.5 Å². The number of fused-ring (bicyclic) bond motifs is 1. The average Bonchev–Trinajstić information content (AvgIpc) is 2.64. The Morgan fingerprint density at radius 3 is 2.47 bits per heavy atom. The van der Waals surface area contributed by atoms with Gasteiger partial charge in [-0.2, -0.15) is 0 Å². The molecule has 0 saturated carbocycles. The molecular formula is C20H25ClF2N4O2S. The molecule has 0 radical (unpaired) electrons. The summed E-state index contributed by atoms with van der Waals surface area (Å²) in [6.07, 6.45) is -0.584. The Balaban J connectivity index is 2.16. The fourth-order valence-electron chi connectivity index (χ4n) is 3.23. The first-order valence-electron chi connectivity index (χ1n) is 9.61. The van der Waals surface area contributed by atoms with E-state index < -0.39 is 22.0 Å². The molecule has 0 spiro atoms. The Morgan fingerprint density at radius 2 is 1.90 bits per heavy atom. The summed E-state index contributed by atoms with van der Waals surface area (Å²) in [5.41, 5.74) is 0.965. The molecule has 1 aromatic heterocycles. The van der Waals surface area contributed by atoms with Crippen LogP contribution in [0.4, 0.5) is 14.7 Å². The molecule has 1 aliphatic heterocycles. The van der Waals surface area contributed by atoms with Gasteiger partial charge in [-0.25, -0.2) is 13.8 Å². The second-order valence-corrected chi connectivity index (χ2v) is 10.8. The van der Waals surface area contributed by atoms with Gasteiger partial charge in [0.15, 0.2) is 0 Å². The fraction of sp³-hybridized carbons (Fsp3) is 0.550. The lowest BCUT2D eigenvalue weighted by Crippen LogP contribution is -2.42. The summed E-state index contributed by atoms with van der Waals surface area (Å²) in [5, 5.41) is 0.625. The molecule has 0 N–H and O–H groups in total. The molecule has 2 aromatic rings. The smallest absolute Gasteiger partial charge is 0.262 e. The van der Waals surface area contributed by atoms with Crippen LogP contribution >= 0.6 is 11.6 Å². The average molecular weight is 459 g/mol. The zero-order valence-electron chi connectivity index (χ0n) is 17.6. The highest BCUT2D eigenvalue weighted by atomic mass is 35.5. The van der Waals surface area contributed by atoms with Crippen LogP contribution in [0.1, 0.15) is 46.1 Å². The molecular weight excluding hydrogens is 434 g/mol. The molecule has 30 heavy (non-hydrogen) atoms. The monoisotopic (exact) mass is 458 g/mol. The van der Waals surface area contributed by atoms with Crippen molar-refractivity contribution in [2.45, 2.75) is 51.2 Å². The van der Waals surface area contributed by atoms with Gasteiger partial charge in [0.05, 0.1) is 16.6 Å². The largest absolute Gasteiger partial charge is 0.591 e. The highest BCUT2D eigenvalue weighted by Crippen LogP contribution is 2.31. The lowest BCUT2D eigenvalue weighted by Gasteiger charge is -2.33. The molecule has 1 atom stereocenters. The van der Waals surface area contributed by atoms with Crippen molar-refractivity contribution >= 4 is 45.5 Å². The van der Waals surface area contributed by atoms with Gasteiger partial charge in [-0.1, -0.05) is 16.0 Å². The Morgan fingerprint density at radius 1 is 1.30 bits per heavy atom. The third-order valence-electron chi connectivity index (χ3n) is 5.03. The third-order valence-corrected chi connectivity index (χ3v) is 6.74. The number of alkyl halides is 2. The molecule has 0 amide bonds. The summed E-state index contributed by atoms with van der Waals surface area (Å²) >= 11 is 4.73. The van der Waals surface area contributed by atoms with Crippen LogP contribution in [0.15, 0.2) is 21.3 Å². The van der Waals surface area contributed by atoms with Crippen molar-refractivity contribution < 1.29 is 13.3 Å². The van der Waals surface area contributed by atoms with Crippen LogP contribution in [0.2, 0.25) is 5.02 Å². The summed E-state index contributed by atoms with van der Waals surface area (Å²) < 4.78 is 44.8. The molecule has 2 heterocycles. The van der Waals surface area contributed by atoms with Crippen LogP contribution in [-0.2, 0) is 18.4 Å². The van der Waals surface area contributed by atoms with Crippen molar-refractivity contribution in [2.24, 2.45) is 11.4 Å². The quantitative estimate of drug-likeness (QED) is 0.513. The van der Waals surface area contributed by atoms with Gasteiger partial charge in [0, 0.05) is 43.6 Å². The molecule has 0 bridgehead atoms. The minimum Gasteiger partial charge on any atom is -0.591 e. The van der Waals surface area contributed by atoms with Crippen LogP contribution in [0.25, 0.3) is 10.9 Å². The molecule has 1 aromatic carbocycles. The number of halogens is 3. The minimum atomic E-state index is -2.70. The van der Waals surface area contributed by atoms with E-state index in [0.29, 0.717) is 33.1 Å². The standard InChI is InChI=1S/C20H25ClF2N4O2S/c1-12(25-30(29)19(2,3)4)14-10-13(21)11-15-16(14)24-18(26(5)17(15)28)27-8-6-20(22,23)7-9-27/h10-11H,6-9H2,1-5H3/t30-/m1/s1. The van der Waals surface area contributed by atoms with Crippen LogP contribution in [0.5, 0.6) is 0 Å². The molecule has 1 fully saturated rings. The first-order chi connectivity index (χ1) is 13.8. The number of piperidine rings is 1. The molecule has 164 valence electrons. The summed E-state index contributed by atoms with van der Waals surface area (Å²) in [5.74, 6) is -2.39. The number of aromatic nitrogens is 2. The molecule has 6 nitrogen and oxygen atoms in total. The molecule has 1 saturated heterocycles. The van der Waals surface area contributed by atoms with Crippen molar-refractivity contribution in [3.8, 4) is 0 Å². The van der Waals surface area contributed by atoms with Crippen LogP contribution in [0, 0.1) is 0 Å². The summed E-state index contributed by atoms with van der Waals surface area (Å²) in [6, 6.07) is 3.15. The molecule has 1 aliphatic rings. The van der Waals surface area contributed by atoms with Gasteiger partial charge in [-0.15, -0.1) is 0 Å². The van der Waals surface area contributed by atoms with E-state index >= 15 is 0 Å². The number of hydrogen-bond acceptors (Lipinski definition) is 5. The topological polar surface area (TPSA) is 73.6 Å². The van der Waals surface area contributed by atoms with Gasteiger partial charge in [-0.3, -0.25) is 9.36 Å². The van der Waals surface area contributed by atoms with Crippen molar-refractivity contribution in [3.05, 3.63) is 33.1 Å². The van der Waals surface area contributed by atoms with E-state index in [0.717, 1.165) is 0 Å². The first-order valence-corrected chi connectivity index (χ1v) is 11.1. The Kier molecular flexibility index (Phi) is 6.19. The normalized spacial score (nSPS) is 18.7. The van der Waals surface area contributed by atoms with Gasteiger partial charge in [-0.05, 0) is 39.8 Å². The maximum Gasteiger partial charge on any atom is 0.262 e. The van der Waals surface area contributed by atoms with Crippen molar-refractivity contribution in [1.29, 1.82) is 0 Å². The van der Waals surface area contributed by atoms with Gasteiger partial charge in [0.25, 0.3) is 11.5 Å². The predicted molar refractivity (Wildman–Crippen MR) is 118 cm³/mol. The van der Waals surface area contributed by atoms with Crippen LogP contribution in [-0.4, -0.2) is 43.6 Å². The minimum absolute atomic E-state index is 0.100. The Hall–Kier alpha value is -1.71. The number of benzene rings is 1. The zero-order valence-corrected chi connectivity index (χ0v) is 19.2. The maximum absolute atomic E-state index is 13.6. The Labute approximate surface area is 182 Å². The lowest BCUT2D eigenvalue weighted by molar-refractivity contribution is -0.0223. The summed E-state index contributed by atoms with van der Waals surface area (Å²) in [4.78, 5) is 19.4. The second-order valence-electron chi connectivity index (χ2n) is 8.51. The van der Waals surface area contributed by atoms with E-state index in [1.165, 1.54) is 10.6 Å². The van der Waals surface area contributed by atoms with Crippen LogP contribution in [0.3, 0.4) is 0 Å². The van der Waals surface area contributed by atoms with Crippen molar-refractivity contribution in [3.63, 3.8) is 0 Å². The fourth-order valence-corrected chi connectivity index (χ4v) is 4.07. The van der Waals surface area contributed by atoms with Crippen molar-refractivity contribution in [1.82, 2.24) is 9.55 Å². The molecule has 10 heteroatoms.